The molecule has 1 aliphatic carbocycles. The van der Waals surface area contributed by atoms with Crippen molar-refractivity contribution >= 4 is 5.97 Å². The molecule has 6 nitrogen and oxygen atoms in total. The first-order valence-electron chi connectivity index (χ1n) is 4.49. The summed E-state index contributed by atoms with van der Waals surface area (Å²) >= 11 is 0. The lowest BCUT2D eigenvalue weighted by molar-refractivity contribution is -0.140. The summed E-state index contributed by atoms with van der Waals surface area (Å²) in [4.78, 5) is 14.6. The topological polar surface area (TPSA) is 88.2 Å². The second-order valence-electron chi connectivity index (χ2n) is 3.37. The number of hydrogen-bond donors (Lipinski definition) is 2. The van der Waals surface area contributed by atoms with Crippen LogP contribution in [0.25, 0.3) is 0 Å². The van der Waals surface area contributed by atoms with Crippen LogP contribution in [-0.2, 0) is 11.3 Å². The fourth-order valence-electron chi connectivity index (χ4n) is 1.36. The molecule has 0 bridgehead atoms. The molecule has 1 aliphatic rings. The summed E-state index contributed by atoms with van der Waals surface area (Å²) in [6.45, 7) is 0.313. The lowest BCUT2D eigenvalue weighted by atomic mass is 10.2. The van der Waals surface area contributed by atoms with Crippen molar-refractivity contribution in [1.82, 2.24) is 15.5 Å². The average molecular weight is 197 g/mol. The molecule has 0 saturated heterocycles. The van der Waals surface area contributed by atoms with Crippen molar-refractivity contribution in [1.29, 1.82) is 0 Å². The Morgan fingerprint density at radius 2 is 2.57 bits per heavy atom. The maximum Gasteiger partial charge on any atom is 0.320 e. The number of nitrogens with zero attached hydrogens (tertiary/aromatic N) is 2. The van der Waals surface area contributed by atoms with Crippen LogP contribution in [-0.4, -0.2) is 27.3 Å². The van der Waals surface area contributed by atoms with E-state index in [0.717, 1.165) is 12.8 Å². The summed E-state index contributed by atoms with van der Waals surface area (Å²) in [6.07, 6.45) is 3.26. The van der Waals surface area contributed by atoms with Gasteiger partial charge in [0.15, 0.2) is 6.33 Å². The van der Waals surface area contributed by atoms with Crippen molar-refractivity contribution in [2.24, 2.45) is 5.92 Å². The molecular formula is C8H11N3O3. The van der Waals surface area contributed by atoms with Crippen molar-refractivity contribution in [3.8, 4) is 0 Å². The highest BCUT2D eigenvalue weighted by atomic mass is 16.5. The number of carboxylic acid groups (broad SMARTS) is 1. The normalized spacial score (nSPS) is 18.0. The average Bonchev–Trinajstić information content (AvgIpc) is 2.82. The first kappa shape index (κ1) is 9.14. The molecule has 1 atom stereocenters. The van der Waals surface area contributed by atoms with Gasteiger partial charge < -0.3 is 9.63 Å². The smallest absolute Gasteiger partial charge is 0.320 e. The standard InChI is InChI=1S/C8H11N3O3/c12-8(13)7(5-1-2-5)9-3-6-10-4-11-14-6/h4-5,7,9H,1-3H2,(H,12,13). The van der Waals surface area contributed by atoms with Gasteiger partial charge in [-0.25, -0.2) is 0 Å². The first-order valence-corrected chi connectivity index (χ1v) is 4.49. The number of nitrogens with one attached hydrogen (secondary N) is 1. The van der Waals surface area contributed by atoms with Gasteiger partial charge in [0.1, 0.15) is 6.04 Å². The van der Waals surface area contributed by atoms with Gasteiger partial charge >= 0.3 is 5.97 Å². The van der Waals surface area contributed by atoms with Gasteiger partial charge in [0.05, 0.1) is 6.54 Å². The third kappa shape index (κ3) is 2.08. The monoisotopic (exact) mass is 197 g/mol. The van der Waals surface area contributed by atoms with E-state index in [1.165, 1.54) is 6.33 Å². The Labute approximate surface area is 80.3 Å². The predicted octanol–water partition coefficient (Wildman–Crippen LogP) is 0.0224. The molecule has 1 fully saturated rings. The largest absolute Gasteiger partial charge is 0.480 e. The van der Waals surface area contributed by atoms with E-state index in [9.17, 15) is 4.79 Å². The minimum absolute atomic E-state index is 0.260. The van der Waals surface area contributed by atoms with Crippen molar-refractivity contribution in [3.05, 3.63) is 12.2 Å². The summed E-state index contributed by atoms with van der Waals surface area (Å²) in [6, 6.07) is -0.484. The van der Waals surface area contributed by atoms with Gasteiger partial charge in [0.2, 0.25) is 5.89 Å². The lowest BCUT2D eigenvalue weighted by Gasteiger charge is -2.10. The second-order valence-corrected chi connectivity index (χ2v) is 3.37. The van der Waals surface area contributed by atoms with E-state index in [-0.39, 0.29) is 5.92 Å². The van der Waals surface area contributed by atoms with Gasteiger partial charge in [0, 0.05) is 0 Å². The molecule has 1 heterocycles. The molecule has 6 heteroatoms. The van der Waals surface area contributed by atoms with Crippen LogP contribution in [0.4, 0.5) is 0 Å². The summed E-state index contributed by atoms with van der Waals surface area (Å²) in [7, 11) is 0. The van der Waals surface area contributed by atoms with E-state index < -0.39 is 12.0 Å². The number of aromatic nitrogens is 2. The molecule has 14 heavy (non-hydrogen) atoms. The minimum Gasteiger partial charge on any atom is -0.480 e. The molecule has 0 aromatic carbocycles. The van der Waals surface area contributed by atoms with Crippen LogP contribution < -0.4 is 5.32 Å². The summed E-state index contributed by atoms with van der Waals surface area (Å²) in [5.74, 6) is -0.140. The summed E-state index contributed by atoms with van der Waals surface area (Å²) < 4.78 is 4.75. The minimum atomic E-state index is -0.813. The van der Waals surface area contributed by atoms with Gasteiger partial charge in [-0.05, 0) is 18.8 Å². The Kier molecular flexibility index (Phi) is 2.45. The third-order valence-electron chi connectivity index (χ3n) is 2.24. The molecule has 0 aliphatic heterocycles. The first-order chi connectivity index (χ1) is 6.77. The van der Waals surface area contributed by atoms with Gasteiger partial charge in [-0.1, -0.05) is 5.16 Å². The van der Waals surface area contributed by atoms with Crippen molar-refractivity contribution in [2.45, 2.75) is 25.4 Å². The zero-order valence-electron chi connectivity index (χ0n) is 7.51. The van der Waals surface area contributed by atoms with Crippen molar-refractivity contribution in [2.75, 3.05) is 0 Å². The molecule has 0 amide bonds. The quantitative estimate of drug-likeness (QED) is 0.692. The SMILES string of the molecule is O=C(O)C(NCc1ncno1)C1CC1. The molecule has 1 aromatic rings. The van der Waals surface area contributed by atoms with E-state index in [1.807, 2.05) is 0 Å². The van der Waals surface area contributed by atoms with Crippen molar-refractivity contribution in [3.63, 3.8) is 0 Å². The molecule has 0 radical (unpaired) electrons. The van der Waals surface area contributed by atoms with Crippen LogP contribution in [0.5, 0.6) is 0 Å². The number of hydrogen-bond acceptors (Lipinski definition) is 5. The highest BCUT2D eigenvalue weighted by Crippen LogP contribution is 2.32. The second kappa shape index (κ2) is 3.75. The van der Waals surface area contributed by atoms with Gasteiger partial charge in [-0.2, -0.15) is 4.98 Å². The van der Waals surface area contributed by atoms with Crippen LogP contribution in [0.2, 0.25) is 0 Å². The highest BCUT2D eigenvalue weighted by Gasteiger charge is 2.35. The molecule has 0 spiro atoms. The number of carbonyl (C=O) groups is 1. The van der Waals surface area contributed by atoms with Crippen molar-refractivity contribution < 1.29 is 14.4 Å². The Morgan fingerprint density at radius 3 is 3.07 bits per heavy atom. The molecule has 1 saturated carbocycles. The molecule has 76 valence electrons. The number of rotatable bonds is 5. The molecule has 2 N–H and O–H groups in total. The zero-order valence-corrected chi connectivity index (χ0v) is 7.51. The maximum atomic E-state index is 10.8. The number of carboxylic acids is 1. The van der Waals surface area contributed by atoms with Gasteiger partial charge in [-0.15, -0.1) is 0 Å². The van der Waals surface area contributed by atoms with Crippen LogP contribution >= 0.6 is 0 Å². The molecule has 1 unspecified atom stereocenters. The molecule has 2 rings (SSSR count). The third-order valence-corrected chi connectivity index (χ3v) is 2.24. The number of aliphatic carboxylic acids is 1. The Bertz CT molecular complexity index is 308. The van der Waals surface area contributed by atoms with E-state index in [1.54, 1.807) is 0 Å². The Morgan fingerprint density at radius 1 is 1.79 bits per heavy atom. The van der Waals surface area contributed by atoms with E-state index in [0.29, 0.717) is 12.4 Å². The van der Waals surface area contributed by atoms with Crippen LogP contribution in [0.15, 0.2) is 10.9 Å². The van der Waals surface area contributed by atoms with E-state index in [2.05, 4.69) is 15.5 Å². The summed E-state index contributed by atoms with van der Waals surface area (Å²) in [5, 5.41) is 15.2. The highest BCUT2D eigenvalue weighted by molar-refractivity contribution is 5.74. The van der Waals surface area contributed by atoms with E-state index in [4.69, 9.17) is 9.63 Å². The van der Waals surface area contributed by atoms with Crippen LogP contribution in [0, 0.1) is 5.92 Å². The van der Waals surface area contributed by atoms with Gasteiger partial charge in [0.25, 0.3) is 0 Å². The fraction of sp³-hybridized carbons (Fsp3) is 0.625. The predicted molar refractivity (Wildman–Crippen MR) is 45.3 cm³/mol. The van der Waals surface area contributed by atoms with Gasteiger partial charge in [-0.3, -0.25) is 10.1 Å². The zero-order chi connectivity index (χ0) is 9.97. The summed E-state index contributed by atoms with van der Waals surface area (Å²) in [5.41, 5.74) is 0. The maximum absolute atomic E-state index is 10.8. The lowest BCUT2D eigenvalue weighted by Crippen LogP contribution is -2.38. The van der Waals surface area contributed by atoms with Crippen LogP contribution in [0.1, 0.15) is 18.7 Å². The molecular weight excluding hydrogens is 186 g/mol. The fourth-order valence-corrected chi connectivity index (χ4v) is 1.36. The Balaban J connectivity index is 1.85. The molecule has 1 aromatic heterocycles. The Hall–Kier alpha value is -1.43. The van der Waals surface area contributed by atoms with Crippen LogP contribution in [0.3, 0.4) is 0 Å². The van der Waals surface area contributed by atoms with E-state index >= 15 is 0 Å².